The average Bonchev–Trinajstić information content (AvgIpc) is 3.63. The predicted octanol–water partition coefficient (Wildman–Crippen LogP) is 8.08. The molecule has 0 N–H and O–H groups in total. The molecule has 188 valence electrons. The fraction of sp³-hybridized carbons (Fsp3) is 0.121. The van der Waals surface area contributed by atoms with E-state index < -0.39 is 0 Å². The normalized spacial score (nSPS) is 12.5. The second-order valence-corrected chi connectivity index (χ2v) is 11.1. The third kappa shape index (κ3) is 3.18. The van der Waals surface area contributed by atoms with Crippen LogP contribution in [-0.2, 0) is 5.41 Å². The van der Waals surface area contributed by atoms with Gasteiger partial charge in [-0.3, -0.25) is 13.8 Å². The van der Waals surface area contributed by atoms with Crippen molar-refractivity contribution in [3.8, 4) is 11.5 Å². The van der Waals surface area contributed by atoms with E-state index in [2.05, 4.69) is 88.2 Å². The number of benzene rings is 3. The molecule has 6 heteroatoms. The van der Waals surface area contributed by atoms with Crippen molar-refractivity contribution in [1.82, 2.24) is 23.8 Å². The molecule has 5 heterocycles. The quantitative estimate of drug-likeness (QED) is 0.222. The number of fused-ring (bicyclic) bond motifs is 12. The van der Waals surface area contributed by atoms with Gasteiger partial charge in [-0.2, -0.15) is 0 Å². The van der Waals surface area contributed by atoms with Crippen molar-refractivity contribution in [3.63, 3.8) is 0 Å². The van der Waals surface area contributed by atoms with Crippen LogP contribution in [0.25, 0.3) is 54.6 Å². The van der Waals surface area contributed by atoms with Gasteiger partial charge in [0.25, 0.3) is 0 Å². The minimum Gasteiger partial charge on any atom is -0.457 e. The zero-order chi connectivity index (χ0) is 26.3. The van der Waals surface area contributed by atoms with Crippen LogP contribution in [0.2, 0.25) is 0 Å². The van der Waals surface area contributed by atoms with Crippen molar-refractivity contribution in [3.05, 3.63) is 103 Å². The maximum absolute atomic E-state index is 6.46. The third-order valence-electron chi connectivity index (χ3n) is 7.70. The molecule has 3 aromatic carbocycles. The van der Waals surface area contributed by atoms with Gasteiger partial charge in [0.1, 0.15) is 22.8 Å². The lowest BCUT2D eigenvalue weighted by Crippen LogP contribution is -2.13. The van der Waals surface area contributed by atoms with E-state index in [-0.39, 0.29) is 5.41 Å². The summed E-state index contributed by atoms with van der Waals surface area (Å²) in [7, 11) is 0. The Morgan fingerprint density at radius 1 is 0.641 bits per heavy atom. The van der Waals surface area contributed by atoms with Gasteiger partial charge in [-0.25, -0.2) is 9.97 Å². The van der Waals surface area contributed by atoms with Crippen molar-refractivity contribution >= 4 is 54.6 Å². The topological polar surface area (TPSA) is 56.7 Å². The molecule has 8 aromatic rings. The lowest BCUT2D eigenvalue weighted by atomic mass is 9.85. The fourth-order valence-corrected chi connectivity index (χ4v) is 5.96. The van der Waals surface area contributed by atoms with E-state index in [1.807, 2.05) is 49.2 Å². The minimum absolute atomic E-state index is 0.00514. The van der Waals surface area contributed by atoms with Gasteiger partial charge < -0.3 is 4.74 Å². The molecule has 0 aliphatic heterocycles. The highest BCUT2D eigenvalue weighted by Gasteiger charge is 2.21. The summed E-state index contributed by atoms with van der Waals surface area (Å²) in [5, 5.41) is 6.64. The Morgan fingerprint density at radius 3 is 2.03 bits per heavy atom. The molecule has 0 aliphatic rings. The Morgan fingerprint density at radius 2 is 1.31 bits per heavy atom. The largest absolute Gasteiger partial charge is 0.457 e. The van der Waals surface area contributed by atoms with Crippen LogP contribution in [0.3, 0.4) is 0 Å². The summed E-state index contributed by atoms with van der Waals surface area (Å²) in [6, 6.07) is 21.1. The Labute approximate surface area is 224 Å². The first kappa shape index (κ1) is 22.1. The van der Waals surface area contributed by atoms with Crippen LogP contribution in [0.5, 0.6) is 11.5 Å². The SMILES string of the molecule is CC(C)(C)c1cccc2c3ccc(Oc4ccc5c6cnccc6n6ccnc6c5c4)cc3c3nccn3c12. The van der Waals surface area contributed by atoms with Gasteiger partial charge in [0, 0.05) is 58.7 Å². The van der Waals surface area contributed by atoms with Crippen LogP contribution >= 0.6 is 0 Å². The summed E-state index contributed by atoms with van der Waals surface area (Å²) in [5.74, 6) is 1.52. The highest BCUT2D eigenvalue weighted by Crippen LogP contribution is 2.38. The van der Waals surface area contributed by atoms with Crippen molar-refractivity contribution in [2.24, 2.45) is 0 Å². The molecular formula is C33H25N5O. The molecule has 8 rings (SSSR count). The van der Waals surface area contributed by atoms with Crippen molar-refractivity contribution in [2.75, 3.05) is 0 Å². The molecule has 5 aromatic heterocycles. The van der Waals surface area contributed by atoms with Gasteiger partial charge in [-0.15, -0.1) is 0 Å². The van der Waals surface area contributed by atoms with Crippen LogP contribution < -0.4 is 4.74 Å². The number of imidazole rings is 2. The second kappa shape index (κ2) is 7.77. The molecule has 6 nitrogen and oxygen atoms in total. The summed E-state index contributed by atoms with van der Waals surface area (Å²) in [6.45, 7) is 6.77. The van der Waals surface area contributed by atoms with Crippen LogP contribution in [0.15, 0.2) is 97.8 Å². The van der Waals surface area contributed by atoms with E-state index in [0.717, 1.165) is 49.9 Å². The summed E-state index contributed by atoms with van der Waals surface area (Å²) in [4.78, 5) is 13.8. The zero-order valence-corrected chi connectivity index (χ0v) is 21.9. The highest BCUT2D eigenvalue weighted by molar-refractivity contribution is 6.13. The van der Waals surface area contributed by atoms with Gasteiger partial charge in [-0.05, 0) is 64.2 Å². The number of para-hydroxylation sites is 1. The predicted molar refractivity (Wildman–Crippen MR) is 157 cm³/mol. The van der Waals surface area contributed by atoms with E-state index in [4.69, 9.17) is 9.72 Å². The summed E-state index contributed by atoms with van der Waals surface area (Å²) >= 11 is 0. The number of nitrogens with zero attached hydrogens (tertiary/aromatic N) is 5. The molecule has 0 radical (unpaired) electrons. The fourth-order valence-electron chi connectivity index (χ4n) is 5.96. The Balaban J connectivity index is 1.31. The molecule has 0 unspecified atom stereocenters. The number of rotatable bonds is 2. The molecule has 0 saturated heterocycles. The molecule has 39 heavy (non-hydrogen) atoms. The summed E-state index contributed by atoms with van der Waals surface area (Å²) in [6.07, 6.45) is 11.5. The van der Waals surface area contributed by atoms with Crippen LogP contribution in [0, 0.1) is 0 Å². The standard InChI is InChI=1S/C33H25N5O/c1-33(2,3)28-6-4-5-24-22-9-7-20(17-25(22)32-36-14-16-38(32)30(24)28)39-21-8-10-23-26(18-21)31-35-13-15-37(31)29-11-12-34-19-27(23)29/h4-19H,1-3H3. The third-order valence-corrected chi connectivity index (χ3v) is 7.70. The van der Waals surface area contributed by atoms with Gasteiger partial charge in [0.2, 0.25) is 0 Å². The zero-order valence-electron chi connectivity index (χ0n) is 21.9. The highest BCUT2D eigenvalue weighted by atomic mass is 16.5. The molecule has 0 atom stereocenters. The minimum atomic E-state index is 0.00514. The molecule has 0 saturated carbocycles. The number of hydrogen-bond donors (Lipinski definition) is 0. The first-order chi connectivity index (χ1) is 19.0. The van der Waals surface area contributed by atoms with Gasteiger partial charge in [0.15, 0.2) is 0 Å². The van der Waals surface area contributed by atoms with Crippen LogP contribution in [0.4, 0.5) is 0 Å². The number of ether oxygens (including phenoxy) is 1. The number of hydrogen-bond acceptors (Lipinski definition) is 4. The maximum Gasteiger partial charge on any atom is 0.145 e. The Hall–Kier alpha value is -4.97. The molecule has 0 fully saturated rings. The average molecular weight is 508 g/mol. The molecule has 0 bridgehead atoms. The van der Waals surface area contributed by atoms with E-state index in [1.165, 1.54) is 21.9 Å². The summed E-state index contributed by atoms with van der Waals surface area (Å²) in [5.41, 5.74) is 5.42. The molecule has 0 amide bonds. The molecule has 0 aliphatic carbocycles. The van der Waals surface area contributed by atoms with Gasteiger partial charge >= 0.3 is 0 Å². The van der Waals surface area contributed by atoms with Crippen molar-refractivity contribution < 1.29 is 4.74 Å². The van der Waals surface area contributed by atoms with Gasteiger partial charge in [-0.1, -0.05) is 39.0 Å². The van der Waals surface area contributed by atoms with Crippen LogP contribution in [0.1, 0.15) is 26.3 Å². The van der Waals surface area contributed by atoms with Gasteiger partial charge in [0.05, 0.1) is 11.0 Å². The number of aromatic nitrogens is 5. The Bertz CT molecular complexity index is 2250. The second-order valence-electron chi connectivity index (χ2n) is 11.1. The molecule has 0 spiro atoms. The maximum atomic E-state index is 6.46. The first-order valence-electron chi connectivity index (χ1n) is 13.1. The van der Waals surface area contributed by atoms with E-state index in [1.54, 1.807) is 0 Å². The lowest BCUT2D eigenvalue weighted by molar-refractivity contribution is 0.484. The van der Waals surface area contributed by atoms with Crippen molar-refractivity contribution in [2.45, 2.75) is 26.2 Å². The lowest BCUT2D eigenvalue weighted by Gasteiger charge is -2.23. The van der Waals surface area contributed by atoms with Crippen LogP contribution in [-0.4, -0.2) is 23.8 Å². The summed E-state index contributed by atoms with van der Waals surface area (Å²) < 4.78 is 10.8. The first-order valence-corrected chi connectivity index (χ1v) is 13.1. The molecular weight excluding hydrogens is 482 g/mol. The van der Waals surface area contributed by atoms with E-state index in [9.17, 15) is 0 Å². The van der Waals surface area contributed by atoms with E-state index in [0.29, 0.717) is 0 Å². The monoisotopic (exact) mass is 507 g/mol. The van der Waals surface area contributed by atoms with E-state index >= 15 is 0 Å². The van der Waals surface area contributed by atoms with Crippen molar-refractivity contribution in [1.29, 1.82) is 0 Å². The smallest absolute Gasteiger partial charge is 0.145 e. The number of pyridine rings is 3. The Kier molecular flexibility index (Phi) is 4.39.